The lowest BCUT2D eigenvalue weighted by molar-refractivity contribution is 0.0353. The van der Waals surface area contributed by atoms with Crippen LogP contribution in [-0.2, 0) is 4.74 Å². The van der Waals surface area contributed by atoms with Gasteiger partial charge in [0.1, 0.15) is 0 Å². The first kappa shape index (κ1) is 16.2. The number of likely N-dealkylation sites (tertiary alicyclic amines) is 1. The van der Waals surface area contributed by atoms with Crippen LogP contribution in [0.2, 0.25) is 0 Å². The summed E-state index contributed by atoms with van der Waals surface area (Å²) in [6.07, 6.45) is 6.03. The minimum atomic E-state index is 0.329. The minimum absolute atomic E-state index is 0.329. The molecule has 3 heterocycles. The van der Waals surface area contributed by atoms with Crippen LogP contribution in [-0.4, -0.2) is 60.2 Å². The number of aromatic nitrogens is 1. The van der Waals surface area contributed by atoms with E-state index in [4.69, 9.17) is 4.74 Å². The molecule has 1 aromatic rings. The Morgan fingerprint density at radius 1 is 1.23 bits per heavy atom. The zero-order valence-electron chi connectivity index (χ0n) is 13.1. The number of nitrogens with zero attached hydrogens (tertiary/aromatic N) is 2. The van der Waals surface area contributed by atoms with E-state index in [9.17, 15) is 5.11 Å². The predicted molar refractivity (Wildman–Crippen MR) is 89.0 cm³/mol. The molecule has 0 amide bonds. The molecule has 2 aliphatic rings. The summed E-state index contributed by atoms with van der Waals surface area (Å²) in [5.74, 6) is 2.94. The number of pyridine rings is 1. The van der Waals surface area contributed by atoms with Crippen molar-refractivity contribution in [3.05, 3.63) is 24.5 Å². The van der Waals surface area contributed by atoms with Crippen LogP contribution >= 0.6 is 11.8 Å². The van der Waals surface area contributed by atoms with Crippen molar-refractivity contribution in [2.45, 2.75) is 17.7 Å². The van der Waals surface area contributed by atoms with E-state index < -0.39 is 0 Å². The molecule has 2 aliphatic heterocycles. The molecule has 4 nitrogen and oxygen atoms in total. The second-order valence-corrected chi connectivity index (χ2v) is 7.52. The molecular formula is C17H26N2O2S. The quantitative estimate of drug-likeness (QED) is 0.813. The summed E-state index contributed by atoms with van der Waals surface area (Å²) in [4.78, 5) is 7.87. The summed E-state index contributed by atoms with van der Waals surface area (Å²) in [6, 6.07) is 4.13. The molecular weight excluding hydrogens is 296 g/mol. The van der Waals surface area contributed by atoms with Crippen molar-refractivity contribution in [1.82, 2.24) is 9.88 Å². The van der Waals surface area contributed by atoms with E-state index in [1.165, 1.54) is 17.7 Å². The first-order valence-electron chi connectivity index (χ1n) is 8.30. The van der Waals surface area contributed by atoms with Crippen LogP contribution in [0.1, 0.15) is 12.8 Å². The SMILES string of the molecule is OC[C@@H]1CN(CCSc2ccncc2)C[C@H]1C1CCOCC1. The standard InChI is InChI=1S/C17H26N2O2S/c20-13-15-11-19(7-10-22-16-1-5-18-6-2-16)12-17(15)14-3-8-21-9-4-14/h1-2,5-6,14-15,17,20H,3-4,7-13H2/t15-,17-/m0/s1. The van der Waals surface area contributed by atoms with Crippen LogP contribution in [0.5, 0.6) is 0 Å². The van der Waals surface area contributed by atoms with Gasteiger partial charge in [0, 0.05) is 62.5 Å². The van der Waals surface area contributed by atoms with Gasteiger partial charge >= 0.3 is 0 Å². The van der Waals surface area contributed by atoms with Crippen molar-refractivity contribution in [1.29, 1.82) is 0 Å². The molecule has 3 rings (SSSR count). The molecule has 2 saturated heterocycles. The van der Waals surface area contributed by atoms with Gasteiger partial charge in [-0.05, 0) is 42.7 Å². The average molecular weight is 322 g/mol. The van der Waals surface area contributed by atoms with E-state index in [1.807, 2.05) is 24.2 Å². The summed E-state index contributed by atoms with van der Waals surface area (Å²) in [5.41, 5.74) is 0. The fourth-order valence-electron chi connectivity index (χ4n) is 3.77. The van der Waals surface area contributed by atoms with E-state index in [1.54, 1.807) is 0 Å². The van der Waals surface area contributed by atoms with Crippen molar-refractivity contribution in [3.8, 4) is 0 Å². The molecule has 0 aromatic carbocycles. The van der Waals surface area contributed by atoms with E-state index in [2.05, 4.69) is 22.0 Å². The van der Waals surface area contributed by atoms with Gasteiger partial charge in [0.25, 0.3) is 0 Å². The highest BCUT2D eigenvalue weighted by atomic mass is 32.2. The maximum atomic E-state index is 9.72. The molecule has 0 bridgehead atoms. The van der Waals surface area contributed by atoms with Crippen LogP contribution in [0.25, 0.3) is 0 Å². The van der Waals surface area contributed by atoms with Crippen molar-refractivity contribution in [3.63, 3.8) is 0 Å². The number of hydrogen-bond acceptors (Lipinski definition) is 5. The van der Waals surface area contributed by atoms with Crippen molar-refractivity contribution >= 4 is 11.8 Å². The fourth-order valence-corrected chi connectivity index (χ4v) is 4.67. The van der Waals surface area contributed by atoms with Crippen molar-refractivity contribution < 1.29 is 9.84 Å². The third-order valence-corrected chi connectivity index (χ3v) is 5.99. The Balaban J connectivity index is 1.46. The Labute approximate surface area is 137 Å². The van der Waals surface area contributed by atoms with Crippen molar-refractivity contribution in [2.24, 2.45) is 17.8 Å². The van der Waals surface area contributed by atoms with Crippen molar-refractivity contribution in [2.75, 3.05) is 45.2 Å². The molecule has 0 unspecified atom stereocenters. The maximum Gasteiger partial charge on any atom is 0.0474 e. The Kier molecular flexibility index (Phi) is 6.12. The van der Waals surface area contributed by atoms with Gasteiger partial charge < -0.3 is 14.7 Å². The van der Waals surface area contributed by atoms with E-state index in [0.29, 0.717) is 18.4 Å². The Morgan fingerprint density at radius 3 is 2.73 bits per heavy atom. The second-order valence-electron chi connectivity index (χ2n) is 6.35. The number of rotatable bonds is 6. The summed E-state index contributed by atoms with van der Waals surface area (Å²) in [6.45, 7) is 5.43. The number of aliphatic hydroxyl groups is 1. The largest absolute Gasteiger partial charge is 0.396 e. The van der Waals surface area contributed by atoms with Gasteiger partial charge in [-0.1, -0.05) is 0 Å². The summed E-state index contributed by atoms with van der Waals surface area (Å²) >= 11 is 1.89. The van der Waals surface area contributed by atoms with E-state index in [0.717, 1.165) is 44.5 Å². The Hall–Kier alpha value is -0.620. The lowest BCUT2D eigenvalue weighted by atomic mass is 9.80. The monoisotopic (exact) mass is 322 g/mol. The third-order valence-electron chi connectivity index (χ3n) is 5.00. The lowest BCUT2D eigenvalue weighted by Crippen LogP contribution is -2.30. The highest BCUT2D eigenvalue weighted by molar-refractivity contribution is 7.99. The highest BCUT2D eigenvalue weighted by Crippen LogP contribution is 2.35. The molecule has 1 N–H and O–H groups in total. The molecule has 5 heteroatoms. The van der Waals surface area contributed by atoms with Crippen LogP contribution in [0, 0.1) is 17.8 Å². The van der Waals surface area contributed by atoms with E-state index in [-0.39, 0.29) is 0 Å². The van der Waals surface area contributed by atoms with Crippen LogP contribution < -0.4 is 0 Å². The van der Waals surface area contributed by atoms with Gasteiger partial charge in [-0.25, -0.2) is 0 Å². The molecule has 0 spiro atoms. The van der Waals surface area contributed by atoms with E-state index >= 15 is 0 Å². The predicted octanol–water partition coefficient (Wildman–Crippen LogP) is 2.14. The van der Waals surface area contributed by atoms with Crippen LogP contribution in [0.4, 0.5) is 0 Å². The normalized spacial score (nSPS) is 27.3. The van der Waals surface area contributed by atoms with Gasteiger partial charge in [-0.3, -0.25) is 4.98 Å². The molecule has 22 heavy (non-hydrogen) atoms. The smallest absolute Gasteiger partial charge is 0.0474 e. The number of ether oxygens (including phenoxy) is 1. The summed E-state index contributed by atoms with van der Waals surface area (Å²) in [7, 11) is 0. The molecule has 0 radical (unpaired) electrons. The maximum absolute atomic E-state index is 9.72. The zero-order chi connectivity index (χ0) is 15.2. The van der Waals surface area contributed by atoms with Gasteiger partial charge in [0.2, 0.25) is 0 Å². The number of thioether (sulfide) groups is 1. The average Bonchev–Trinajstić information content (AvgIpc) is 3.00. The Morgan fingerprint density at radius 2 is 2.00 bits per heavy atom. The first-order chi connectivity index (χ1) is 10.9. The molecule has 0 aliphatic carbocycles. The zero-order valence-corrected chi connectivity index (χ0v) is 13.9. The Bertz CT molecular complexity index is 440. The summed E-state index contributed by atoms with van der Waals surface area (Å²) < 4.78 is 5.48. The minimum Gasteiger partial charge on any atom is -0.396 e. The van der Waals surface area contributed by atoms with Gasteiger partial charge in [-0.15, -0.1) is 11.8 Å². The number of aliphatic hydroxyl groups excluding tert-OH is 1. The van der Waals surface area contributed by atoms with Crippen LogP contribution in [0.3, 0.4) is 0 Å². The number of hydrogen-bond donors (Lipinski definition) is 1. The molecule has 2 atom stereocenters. The molecule has 122 valence electrons. The first-order valence-corrected chi connectivity index (χ1v) is 9.29. The molecule has 0 saturated carbocycles. The fraction of sp³-hybridized carbons (Fsp3) is 0.706. The second kappa shape index (κ2) is 8.29. The lowest BCUT2D eigenvalue weighted by Gasteiger charge is -2.30. The topological polar surface area (TPSA) is 45.6 Å². The molecule has 1 aromatic heterocycles. The highest BCUT2D eigenvalue weighted by Gasteiger charge is 2.37. The van der Waals surface area contributed by atoms with Gasteiger partial charge in [0.15, 0.2) is 0 Å². The van der Waals surface area contributed by atoms with Crippen LogP contribution in [0.15, 0.2) is 29.4 Å². The third kappa shape index (κ3) is 4.22. The van der Waals surface area contributed by atoms with Gasteiger partial charge in [-0.2, -0.15) is 0 Å². The molecule has 2 fully saturated rings. The van der Waals surface area contributed by atoms with Gasteiger partial charge in [0.05, 0.1) is 0 Å². The summed E-state index contributed by atoms with van der Waals surface area (Å²) in [5, 5.41) is 9.72.